The highest BCUT2D eigenvalue weighted by atomic mass is 19.4. The van der Waals surface area contributed by atoms with E-state index < -0.39 is 23.4 Å². The molecule has 0 atom stereocenters. The van der Waals surface area contributed by atoms with Gasteiger partial charge in [-0.2, -0.15) is 13.2 Å². The highest BCUT2D eigenvalue weighted by molar-refractivity contribution is 5.95. The fourth-order valence-corrected chi connectivity index (χ4v) is 3.73. The Morgan fingerprint density at radius 2 is 1.68 bits per heavy atom. The maximum absolute atomic E-state index is 12.6. The first-order valence-electron chi connectivity index (χ1n) is 8.85. The zero-order valence-electron chi connectivity index (χ0n) is 14.8. The van der Waals surface area contributed by atoms with Crippen LogP contribution in [0.25, 0.3) is 0 Å². The van der Waals surface area contributed by atoms with Crippen molar-refractivity contribution in [1.29, 1.82) is 0 Å². The largest absolute Gasteiger partial charge is 0.450 e. The van der Waals surface area contributed by atoms with Crippen LogP contribution in [0, 0.1) is 0 Å². The summed E-state index contributed by atoms with van der Waals surface area (Å²) in [6.45, 7) is 0.738. The molecule has 4 rings (SSSR count). The number of benzene rings is 2. The molecular formula is C20H17F3N2O3. The molecule has 0 aromatic heterocycles. The summed E-state index contributed by atoms with van der Waals surface area (Å²) >= 11 is 0. The van der Waals surface area contributed by atoms with E-state index in [9.17, 15) is 22.8 Å². The van der Waals surface area contributed by atoms with Gasteiger partial charge in [0.05, 0.1) is 11.1 Å². The molecule has 146 valence electrons. The zero-order valence-corrected chi connectivity index (χ0v) is 14.8. The fraction of sp³-hybridized carbons (Fsp3) is 0.300. The van der Waals surface area contributed by atoms with E-state index in [0.717, 1.165) is 17.7 Å². The molecule has 2 aromatic rings. The molecule has 2 heterocycles. The SMILES string of the molecule is O=C1OC2(CCN(C(=O)Nc3ccc(C(F)(F)F)cc3)CC2)c2ccccc21. The van der Waals surface area contributed by atoms with Gasteiger partial charge >= 0.3 is 18.2 Å². The number of amides is 2. The number of halogens is 3. The topological polar surface area (TPSA) is 58.6 Å². The van der Waals surface area contributed by atoms with E-state index in [-0.39, 0.29) is 11.7 Å². The van der Waals surface area contributed by atoms with Crippen molar-refractivity contribution in [2.75, 3.05) is 18.4 Å². The summed E-state index contributed by atoms with van der Waals surface area (Å²) in [6, 6.07) is 11.1. The number of carbonyl (C=O) groups excluding carboxylic acids is 2. The Labute approximate surface area is 159 Å². The standard InChI is InChI=1S/C20H17F3N2O3/c21-20(22,23)13-5-7-14(8-6-13)24-18(27)25-11-9-19(10-12-25)16-4-2-1-3-15(16)17(26)28-19/h1-8H,9-12H2,(H,24,27). The van der Waals surface area contributed by atoms with Crippen LogP contribution >= 0.6 is 0 Å². The third-order valence-corrected chi connectivity index (χ3v) is 5.25. The number of rotatable bonds is 1. The van der Waals surface area contributed by atoms with Crippen molar-refractivity contribution in [2.24, 2.45) is 0 Å². The zero-order chi connectivity index (χ0) is 19.9. The second-order valence-corrected chi connectivity index (χ2v) is 6.92. The number of ether oxygens (including phenoxy) is 1. The Kier molecular flexibility index (Phi) is 4.28. The molecule has 1 N–H and O–H groups in total. The summed E-state index contributed by atoms with van der Waals surface area (Å²) in [4.78, 5) is 26.1. The van der Waals surface area contributed by atoms with Crippen molar-refractivity contribution in [3.63, 3.8) is 0 Å². The maximum Gasteiger partial charge on any atom is 0.416 e. The van der Waals surface area contributed by atoms with Gasteiger partial charge in [0.1, 0.15) is 5.60 Å². The van der Waals surface area contributed by atoms with Crippen molar-refractivity contribution in [3.05, 3.63) is 65.2 Å². The molecule has 8 heteroatoms. The third kappa shape index (κ3) is 3.19. The number of nitrogens with zero attached hydrogens (tertiary/aromatic N) is 1. The molecule has 0 unspecified atom stereocenters. The summed E-state index contributed by atoms with van der Waals surface area (Å²) in [5, 5.41) is 2.61. The molecule has 0 saturated carbocycles. The highest BCUT2D eigenvalue weighted by Gasteiger charge is 2.47. The number of nitrogens with one attached hydrogen (secondary N) is 1. The summed E-state index contributed by atoms with van der Waals surface area (Å²) in [5.74, 6) is -0.349. The minimum Gasteiger partial charge on any atom is -0.450 e. The van der Waals surface area contributed by atoms with Gasteiger partial charge in [-0.3, -0.25) is 0 Å². The molecule has 28 heavy (non-hydrogen) atoms. The Morgan fingerprint density at radius 3 is 2.32 bits per heavy atom. The van der Waals surface area contributed by atoms with Crippen LogP contribution in [0.4, 0.5) is 23.7 Å². The van der Waals surface area contributed by atoms with E-state index in [0.29, 0.717) is 31.5 Å². The molecule has 1 saturated heterocycles. The van der Waals surface area contributed by atoms with Gasteiger partial charge in [-0.05, 0) is 30.3 Å². The van der Waals surface area contributed by atoms with Gasteiger partial charge < -0.3 is 15.0 Å². The van der Waals surface area contributed by atoms with Gasteiger partial charge in [-0.25, -0.2) is 9.59 Å². The van der Waals surface area contributed by atoms with Gasteiger partial charge in [0.25, 0.3) is 0 Å². The summed E-state index contributed by atoms with van der Waals surface area (Å²) in [7, 11) is 0. The van der Waals surface area contributed by atoms with Crippen molar-refractivity contribution in [1.82, 2.24) is 4.90 Å². The predicted molar refractivity (Wildman–Crippen MR) is 94.8 cm³/mol. The number of hydrogen-bond acceptors (Lipinski definition) is 3. The average molecular weight is 390 g/mol. The molecular weight excluding hydrogens is 373 g/mol. The number of anilines is 1. The van der Waals surface area contributed by atoms with Crippen LogP contribution < -0.4 is 5.32 Å². The fourth-order valence-electron chi connectivity index (χ4n) is 3.73. The van der Waals surface area contributed by atoms with Crippen LogP contribution in [0.3, 0.4) is 0 Å². The first kappa shape index (κ1) is 18.3. The van der Waals surface area contributed by atoms with Crippen LogP contribution in [-0.2, 0) is 16.5 Å². The predicted octanol–water partition coefficient (Wildman–Crippen LogP) is 4.40. The summed E-state index contributed by atoms with van der Waals surface area (Å²) in [5.41, 5.74) is 0.217. The first-order valence-corrected chi connectivity index (χ1v) is 8.85. The minimum absolute atomic E-state index is 0.288. The molecule has 2 amide bonds. The van der Waals surface area contributed by atoms with Crippen LogP contribution in [0.1, 0.15) is 34.3 Å². The number of urea groups is 1. The number of carbonyl (C=O) groups is 2. The van der Waals surface area contributed by atoms with E-state index in [1.807, 2.05) is 12.1 Å². The van der Waals surface area contributed by atoms with E-state index in [1.165, 1.54) is 12.1 Å². The molecule has 1 fully saturated rings. The Hall–Kier alpha value is -3.03. The van der Waals surface area contributed by atoms with E-state index >= 15 is 0 Å². The second kappa shape index (κ2) is 6.54. The van der Waals surface area contributed by atoms with Crippen LogP contribution in [0.5, 0.6) is 0 Å². The molecule has 0 bridgehead atoms. The average Bonchev–Trinajstić information content (AvgIpc) is 2.94. The lowest BCUT2D eigenvalue weighted by Gasteiger charge is -2.38. The maximum atomic E-state index is 12.6. The molecule has 0 radical (unpaired) electrons. The number of likely N-dealkylation sites (tertiary alicyclic amines) is 1. The quantitative estimate of drug-likeness (QED) is 0.735. The molecule has 1 spiro atoms. The molecule has 0 aliphatic carbocycles. The molecule has 2 aromatic carbocycles. The first-order chi connectivity index (χ1) is 13.3. The number of hydrogen-bond donors (Lipinski definition) is 1. The van der Waals surface area contributed by atoms with Crippen molar-refractivity contribution < 1.29 is 27.5 Å². The van der Waals surface area contributed by atoms with E-state index in [2.05, 4.69) is 5.32 Å². The monoisotopic (exact) mass is 390 g/mol. The Morgan fingerprint density at radius 1 is 1.04 bits per heavy atom. The normalized spacial score (nSPS) is 18.0. The molecule has 5 nitrogen and oxygen atoms in total. The van der Waals surface area contributed by atoms with Crippen LogP contribution in [-0.4, -0.2) is 30.0 Å². The Balaban J connectivity index is 1.41. The van der Waals surface area contributed by atoms with E-state index in [1.54, 1.807) is 17.0 Å². The number of piperidine rings is 1. The van der Waals surface area contributed by atoms with Gasteiger partial charge in [0, 0.05) is 37.2 Å². The van der Waals surface area contributed by atoms with Crippen LogP contribution in [0.15, 0.2) is 48.5 Å². The third-order valence-electron chi connectivity index (χ3n) is 5.25. The van der Waals surface area contributed by atoms with Gasteiger partial charge in [0.15, 0.2) is 0 Å². The molecule has 2 aliphatic rings. The van der Waals surface area contributed by atoms with Crippen molar-refractivity contribution in [2.45, 2.75) is 24.6 Å². The van der Waals surface area contributed by atoms with Crippen LogP contribution in [0.2, 0.25) is 0 Å². The van der Waals surface area contributed by atoms with Gasteiger partial charge in [0.2, 0.25) is 0 Å². The van der Waals surface area contributed by atoms with Crippen molar-refractivity contribution >= 4 is 17.7 Å². The van der Waals surface area contributed by atoms with Gasteiger partial charge in [-0.15, -0.1) is 0 Å². The van der Waals surface area contributed by atoms with E-state index in [4.69, 9.17) is 4.74 Å². The summed E-state index contributed by atoms with van der Waals surface area (Å²) < 4.78 is 43.5. The molecule has 2 aliphatic heterocycles. The lowest BCUT2D eigenvalue weighted by Crippen LogP contribution is -2.46. The lowest BCUT2D eigenvalue weighted by atomic mass is 9.84. The smallest absolute Gasteiger partial charge is 0.416 e. The highest BCUT2D eigenvalue weighted by Crippen LogP contribution is 2.44. The lowest BCUT2D eigenvalue weighted by molar-refractivity contribution is -0.137. The second-order valence-electron chi connectivity index (χ2n) is 6.92. The number of fused-ring (bicyclic) bond motifs is 2. The number of alkyl halides is 3. The minimum atomic E-state index is -4.42. The Bertz CT molecular complexity index is 917. The van der Waals surface area contributed by atoms with Crippen molar-refractivity contribution in [3.8, 4) is 0 Å². The summed E-state index contributed by atoms with van der Waals surface area (Å²) in [6.07, 6.45) is -3.48. The number of esters is 1. The van der Waals surface area contributed by atoms with Gasteiger partial charge in [-0.1, -0.05) is 18.2 Å².